The monoisotopic (exact) mass is 199 g/mol. The van der Waals surface area contributed by atoms with Crippen molar-refractivity contribution in [2.24, 2.45) is 0 Å². The molecule has 1 aliphatic heterocycles. The van der Waals surface area contributed by atoms with Gasteiger partial charge in [0.05, 0.1) is 0 Å². The van der Waals surface area contributed by atoms with Gasteiger partial charge in [-0.15, -0.1) is 12.4 Å². The lowest BCUT2D eigenvalue weighted by molar-refractivity contribution is 0.245. The Kier molecular flexibility index (Phi) is 3.58. The Bertz CT molecular complexity index is 277. The third kappa shape index (κ3) is 2.14. The molecule has 1 aromatic rings. The van der Waals surface area contributed by atoms with E-state index in [2.05, 4.69) is 17.4 Å². The van der Waals surface area contributed by atoms with Crippen molar-refractivity contribution in [3.05, 3.63) is 29.8 Å². The number of para-hydroxylation sites is 1. The number of halogens is 1. The summed E-state index contributed by atoms with van der Waals surface area (Å²) in [6, 6.07) is 8.69. The van der Waals surface area contributed by atoms with Gasteiger partial charge in [-0.3, -0.25) is 0 Å². The fraction of sp³-hybridized carbons (Fsp3) is 0.400. The maximum absolute atomic E-state index is 5.56. The summed E-state index contributed by atoms with van der Waals surface area (Å²) in [5, 5.41) is 3.22. The molecule has 2 rings (SSSR count). The van der Waals surface area contributed by atoms with Crippen LogP contribution in [0.15, 0.2) is 24.3 Å². The summed E-state index contributed by atoms with van der Waals surface area (Å²) in [4.78, 5) is 0. The topological polar surface area (TPSA) is 21.3 Å². The molecule has 13 heavy (non-hydrogen) atoms. The predicted molar refractivity (Wildman–Crippen MR) is 55.7 cm³/mol. The Morgan fingerprint density at radius 1 is 1.38 bits per heavy atom. The molecule has 0 aromatic heterocycles. The summed E-state index contributed by atoms with van der Waals surface area (Å²) in [6.45, 7) is 0.785. The minimum Gasteiger partial charge on any atom is -0.492 e. The summed E-state index contributed by atoms with van der Waals surface area (Å²) < 4.78 is 5.56. The molecule has 0 radical (unpaired) electrons. The molecule has 1 N–H and O–H groups in total. The largest absolute Gasteiger partial charge is 0.492 e. The lowest BCUT2D eigenvalue weighted by atomic mass is 10.0. The zero-order chi connectivity index (χ0) is 8.39. The first-order valence-corrected chi connectivity index (χ1v) is 4.28. The summed E-state index contributed by atoms with van der Waals surface area (Å²) >= 11 is 0. The van der Waals surface area contributed by atoms with Crippen molar-refractivity contribution in [2.45, 2.75) is 12.5 Å². The van der Waals surface area contributed by atoms with Crippen LogP contribution < -0.4 is 10.1 Å². The molecule has 0 spiro atoms. The molecule has 3 heteroatoms. The van der Waals surface area contributed by atoms with Crippen molar-refractivity contribution in [3.63, 3.8) is 0 Å². The second kappa shape index (κ2) is 4.49. The van der Waals surface area contributed by atoms with Gasteiger partial charge in [0.25, 0.3) is 0 Å². The van der Waals surface area contributed by atoms with Crippen LogP contribution in [0.4, 0.5) is 0 Å². The highest BCUT2D eigenvalue weighted by Gasteiger charge is 2.16. The van der Waals surface area contributed by atoms with Gasteiger partial charge in [-0.25, -0.2) is 0 Å². The Hall–Kier alpha value is -0.730. The summed E-state index contributed by atoms with van der Waals surface area (Å²) in [5.41, 5.74) is 1.31. The molecule has 0 saturated carbocycles. The predicted octanol–water partition coefficient (Wildman–Crippen LogP) is 1.63. The van der Waals surface area contributed by atoms with Gasteiger partial charge < -0.3 is 10.1 Å². The normalized spacial score (nSPS) is 19.6. The van der Waals surface area contributed by atoms with Crippen molar-refractivity contribution < 1.29 is 4.74 Å². The average molecular weight is 200 g/mol. The number of benzene rings is 1. The van der Waals surface area contributed by atoms with Crippen LogP contribution in [0.3, 0.4) is 0 Å². The Balaban J connectivity index is 0.000000845. The summed E-state index contributed by atoms with van der Waals surface area (Å²) in [6.07, 6.45) is 1.08. The first-order chi connectivity index (χ1) is 5.90. The van der Waals surface area contributed by atoms with Gasteiger partial charge in [0.15, 0.2) is 0 Å². The van der Waals surface area contributed by atoms with Crippen LogP contribution in [0.2, 0.25) is 0 Å². The van der Waals surface area contributed by atoms with E-state index in [1.807, 2.05) is 19.2 Å². The first-order valence-electron chi connectivity index (χ1n) is 4.28. The molecule has 72 valence electrons. The maximum atomic E-state index is 5.56. The third-order valence-corrected chi connectivity index (χ3v) is 2.29. The van der Waals surface area contributed by atoms with Gasteiger partial charge >= 0.3 is 0 Å². The standard InChI is InChI=1S/C10H13NO.ClH/c1-11-9-6-8-4-2-3-5-10(8)12-7-9;/h2-5,9,11H,6-7H2,1H3;1H. The Morgan fingerprint density at radius 3 is 2.92 bits per heavy atom. The quantitative estimate of drug-likeness (QED) is 0.743. The second-order valence-electron chi connectivity index (χ2n) is 3.11. The highest BCUT2D eigenvalue weighted by molar-refractivity contribution is 5.85. The molecular weight excluding hydrogens is 186 g/mol. The van der Waals surface area contributed by atoms with E-state index in [0.29, 0.717) is 6.04 Å². The lowest BCUT2D eigenvalue weighted by Crippen LogP contribution is -2.36. The van der Waals surface area contributed by atoms with E-state index in [1.165, 1.54) is 5.56 Å². The molecule has 0 fully saturated rings. The molecule has 1 aliphatic rings. The molecule has 1 aromatic carbocycles. The number of likely N-dealkylation sites (N-methyl/N-ethyl adjacent to an activating group) is 1. The minimum atomic E-state index is 0. The zero-order valence-electron chi connectivity index (χ0n) is 7.62. The van der Waals surface area contributed by atoms with E-state index >= 15 is 0 Å². The molecule has 1 atom stereocenters. The van der Waals surface area contributed by atoms with Gasteiger partial charge in [0.2, 0.25) is 0 Å². The van der Waals surface area contributed by atoms with E-state index < -0.39 is 0 Å². The van der Waals surface area contributed by atoms with Gasteiger partial charge in [0.1, 0.15) is 12.4 Å². The highest BCUT2D eigenvalue weighted by Crippen LogP contribution is 2.23. The number of hydrogen-bond donors (Lipinski definition) is 1. The number of hydrogen-bond acceptors (Lipinski definition) is 2. The van der Waals surface area contributed by atoms with Crippen LogP contribution in [0.5, 0.6) is 5.75 Å². The van der Waals surface area contributed by atoms with Crippen molar-refractivity contribution in [1.82, 2.24) is 5.32 Å². The number of fused-ring (bicyclic) bond motifs is 1. The lowest BCUT2D eigenvalue weighted by Gasteiger charge is -2.24. The summed E-state index contributed by atoms with van der Waals surface area (Å²) in [5.74, 6) is 1.05. The molecular formula is C10H14ClNO. The Morgan fingerprint density at radius 2 is 2.15 bits per heavy atom. The highest BCUT2D eigenvalue weighted by atomic mass is 35.5. The van der Waals surface area contributed by atoms with Gasteiger partial charge in [0, 0.05) is 6.04 Å². The minimum absolute atomic E-state index is 0. The van der Waals surface area contributed by atoms with Gasteiger partial charge in [-0.05, 0) is 25.1 Å². The van der Waals surface area contributed by atoms with E-state index in [1.54, 1.807) is 0 Å². The van der Waals surface area contributed by atoms with Gasteiger partial charge in [-0.2, -0.15) is 0 Å². The van der Waals surface area contributed by atoms with E-state index in [0.717, 1.165) is 18.8 Å². The average Bonchev–Trinajstić information content (AvgIpc) is 2.17. The van der Waals surface area contributed by atoms with E-state index in [4.69, 9.17) is 4.74 Å². The third-order valence-electron chi connectivity index (χ3n) is 2.29. The first kappa shape index (κ1) is 10.4. The molecule has 0 saturated heterocycles. The number of ether oxygens (including phenoxy) is 1. The van der Waals surface area contributed by atoms with Crippen LogP contribution in [0, 0.1) is 0 Å². The fourth-order valence-electron chi connectivity index (χ4n) is 1.51. The van der Waals surface area contributed by atoms with Crippen LogP contribution in [0.25, 0.3) is 0 Å². The molecule has 1 unspecified atom stereocenters. The molecule has 0 bridgehead atoms. The van der Waals surface area contributed by atoms with Crippen molar-refractivity contribution in [1.29, 1.82) is 0 Å². The SMILES string of the molecule is CNC1COc2ccccc2C1.Cl. The molecule has 0 amide bonds. The molecule has 2 nitrogen and oxygen atoms in total. The van der Waals surface area contributed by atoms with Crippen LogP contribution in [-0.4, -0.2) is 19.7 Å². The number of rotatable bonds is 1. The van der Waals surface area contributed by atoms with Crippen molar-refractivity contribution >= 4 is 12.4 Å². The van der Waals surface area contributed by atoms with E-state index in [-0.39, 0.29) is 12.4 Å². The van der Waals surface area contributed by atoms with Crippen molar-refractivity contribution in [2.75, 3.05) is 13.7 Å². The van der Waals surface area contributed by atoms with Gasteiger partial charge in [-0.1, -0.05) is 18.2 Å². The zero-order valence-corrected chi connectivity index (χ0v) is 8.43. The number of nitrogens with one attached hydrogen (secondary N) is 1. The Labute approximate surface area is 84.7 Å². The van der Waals surface area contributed by atoms with Crippen LogP contribution >= 0.6 is 12.4 Å². The second-order valence-corrected chi connectivity index (χ2v) is 3.11. The molecule has 1 heterocycles. The smallest absolute Gasteiger partial charge is 0.122 e. The van der Waals surface area contributed by atoms with Crippen molar-refractivity contribution in [3.8, 4) is 5.75 Å². The van der Waals surface area contributed by atoms with Crippen LogP contribution in [-0.2, 0) is 6.42 Å². The summed E-state index contributed by atoms with van der Waals surface area (Å²) in [7, 11) is 1.97. The van der Waals surface area contributed by atoms with Crippen LogP contribution in [0.1, 0.15) is 5.56 Å². The fourth-order valence-corrected chi connectivity index (χ4v) is 1.51. The maximum Gasteiger partial charge on any atom is 0.122 e. The molecule has 0 aliphatic carbocycles. The van der Waals surface area contributed by atoms with E-state index in [9.17, 15) is 0 Å².